The van der Waals surface area contributed by atoms with Crippen LogP contribution < -0.4 is 5.32 Å². The minimum atomic E-state index is 0.268. The molecule has 3 heteroatoms. The lowest BCUT2D eigenvalue weighted by Gasteiger charge is -2.40. The van der Waals surface area contributed by atoms with E-state index in [1.165, 1.54) is 19.3 Å². The first-order chi connectivity index (χ1) is 8.49. The molecule has 0 radical (unpaired) electrons. The van der Waals surface area contributed by atoms with Gasteiger partial charge >= 0.3 is 0 Å². The van der Waals surface area contributed by atoms with Gasteiger partial charge in [0, 0.05) is 17.3 Å². The van der Waals surface area contributed by atoms with Crippen molar-refractivity contribution in [1.29, 1.82) is 0 Å². The summed E-state index contributed by atoms with van der Waals surface area (Å²) in [6.45, 7) is 9.54. The Hall–Kier alpha value is 0.270. The Kier molecular flexibility index (Phi) is 7.04. The average molecular weight is 273 g/mol. The normalized spacial score (nSPS) is 32.5. The van der Waals surface area contributed by atoms with Gasteiger partial charge in [0.05, 0.1) is 6.61 Å². The molecular weight excluding hydrogens is 242 g/mol. The Labute approximate surface area is 117 Å². The van der Waals surface area contributed by atoms with E-state index in [-0.39, 0.29) is 6.61 Å². The van der Waals surface area contributed by atoms with Crippen molar-refractivity contribution in [3.63, 3.8) is 0 Å². The topological polar surface area (TPSA) is 32.3 Å². The van der Waals surface area contributed by atoms with Crippen LogP contribution >= 0.6 is 11.8 Å². The van der Waals surface area contributed by atoms with Crippen molar-refractivity contribution in [2.75, 3.05) is 12.9 Å². The number of aliphatic hydroxyl groups is 1. The van der Waals surface area contributed by atoms with Gasteiger partial charge in [-0.3, -0.25) is 0 Å². The number of aliphatic hydroxyl groups excluding tert-OH is 1. The molecule has 1 rings (SSSR count). The first-order valence-electron chi connectivity index (χ1n) is 7.39. The first-order valence-corrected chi connectivity index (χ1v) is 8.68. The number of hydrogen-bond donors (Lipinski definition) is 2. The third kappa shape index (κ3) is 4.43. The van der Waals surface area contributed by atoms with Gasteiger partial charge in [-0.05, 0) is 43.8 Å². The Morgan fingerprint density at radius 2 is 1.94 bits per heavy atom. The van der Waals surface area contributed by atoms with E-state index >= 15 is 0 Å². The lowest BCUT2D eigenvalue weighted by Crippen LogP contribution is -2.50. The molecule has 0 aliphatic heterocycles. The highest BCUT2D eigenvalue weighted by atomic mass is 32.2. The Balaban J connectivity index is 2.59. The molecule has 0 heterocycles. The second-order valence-electron chi connectivity index (χ2n) is 6.34. The molecule has 2 N–H and O–H groups in total. The predicted octanol–water partition coefficient (Wildman–Crippen LogP) is 3.15. The summed E-state index contributed by atoms with van der Waals surface area (Å²) in [6.07, 6.45) is 6.11. The monoisotopic (exact) mass is 273 g/mol. The second-order valence-corrected chi connectivity index (χ2v) is 7.42. The van der Waals surface area contributed by atoms with E-state index in [9.17, 15) is 5.11 Å². The molecule has 5 unspecified atom stereocenters. The number of nitrogens with one attached hydrogen (secondary N) is 1. The molecule has 108 valence electrons. The molecule has 1 aliphatic rings. The van der Waals surface area contributed by atoms with Crippen molar-refractivity contribution in [2.45, 2.75) is 64.3 Å². The Morgan fingerprint density at radius 1 is 1.28 bits per heavy atom. The number of hydrogen-bond acceptors (Lipinski definition) is 3. The van der Waals surface area contributed by atoms with Gasteiger partial charge in [0.25, 0.3) is 0 Å². The highest BCUT2D eigenvalue weighted by molar-refractivity contribution is 7.99. The van der Waals surface area contributed by atoms with Gasteiger partial charge in [0.1, 0.15) is 0 Å². The Morgan fingerprint density at radius 3 is 2.44 bits per heavy atom. The zero-order valence-electron chi connectivity index (χ0n) is 12.6. The fraction of sp³-hybridized carbons (Fsp3) is 1.00. The number of thioether (sulfide) groups is 1. The zero-order valence-corrected chi connectivity index (χ0v) is 13.5. The van der Waals surface area contributed by atoms with Gasteiger partial charge in [0.2, 0.25) is 0 Å². The van der Waals surface area contributed by atoms with Crippen molar-refractivity contribution in [2.24, 2.45) is 17.8 Å². The van der Waals surface area contributed by atoms with Crippen molar-refractivity contribution >= 4 is 11.8 Å². The van der Waals surface area contributed by atoms with Crippen LogP contribution in [0.1, 0.15) is 47.0 Å². The lowest BCUT2D eigenvalue weighted by atomic mass is 9.74. The van der Waals surface area contributed by atoms with Gasteiger partial charge in [-0.25, -0.2) is 0 Å². The van der Waals surface area contributed by atoms with E-state index < -0.39 is 0 Å². The maximum Gasteiger partial charge on any atom is 0.0564 e. The van der Waals surface area contributed by atoms with Gasteiger partial charge in [-0.1, -0.05) is 27.2 Å². The van der Waals surface area contributed by atoms with Crippen LogP contribution in [0.3, 0.4) is 0 Å². The zero-order chi connectivity index (χ0) is 13.7. The van der Waals surface area contributed by atoms with Crippen molar-refractivity contribution in [3.8, 4) is 0 Å². The standard InChI is InChI=1S/C15H31NOS/c1-10(2)13-7-6-11(3)8-14(13)16-12(4)15(9-17)18-5/h10-17H,6-9H2,1-5H3. The maximum absolute atomic E-state index is 9.39. The molecule has 1 saturated carbocycles. The summed E-state index contributed by atoms with van der Waals surface area (Å²) in [5.74, 6) is 2.39. The van der Waals surface area contributed by atoms with Crippen LogP contribution in [-0.2, 0) is 0 Å². The molecule has 0 aromatic carbocycles. The third-order valence-corrected chi connectivity index (χ3v) is 5.70. The van der Waals surface area contributed by atoms with Crippen LogP contribution in [-0.4, -0.2) is 35.3 Å². The van der Waals surface area contributed by atoms with Gasteiger partial charge in [0.15, 0.2) is 0 Å². The molecule has 0 saturated heterocycles. The van der Waals surface area contributed by atoms with E-state index in [1.807, 2.05) is 0 Å². The fourth-order valence-corrected chi connectivity index (χ4v) is 3.91. The molecule has 1 aliphatic carbocycles. The number of rotatable bonds is 6. The summed E-state index contributed by atoms with van der Waals surface area (Å²) in [5, 5.41) is 13.5. The van der Waals surface area contributed by atoms with Crippen molar-refractivity contribution < 1.29 is 5.11 Å². The van der Waals surface area contributed by atoms with Crippen LogP contribution in [0.2, 0.25) is 0 Å². The highest BCUT2D eigenvalue weighted by Crippen LogP contribution is 2.34. The van der Waals surface area contributed by atoms with Gasteiger partial charge in [-0.15, -0.1) is 0 Å². The molecule has 0 aromatic heterocycles. The highest BCUT2D eigenvalue weighted by Gasteiger charge is 2.32. The van der Waals surface area contributed by atoms with E-state index in [1.54, 1.807) is 11.8 Å². The summed E-state index contributed by atoms with van der Waals surface area (Å²) in [7, 11) is 0. The van der Waals surface area contributed by atoms with Crippen LogP contribution in [0, 0.1) is 17.8 Å². The van der Waals surface area contributed by atoms with E-state index in [4.69, 9.17) is 0 Å². The molecule has 5 atom stereocenters. The Bertz CT molecular complexity index is 231. The van der Waals surface area contributed by atoms with E-state index in [0.29, 0.717) is 17.3 Å². The summed E-state index contributed by atoms with van der Waals surface area (Å²) in [5.41, 5.74) is 0. The predicted molar refractivity (Wildman–Crippen MR) is 82.1 cm³/mol. The third-order valence-electron chi connectivity index (χ3n) is 4.54. The van der Waals surface area contributed by atoms with Crippen LogP contribution in [0.25, 0.3) is 0 Å². The SMILES string of the molecule is CSC(CO)C(C)NC1CC(C)CCC1C(C)C. The molecule has 0 spiro atoms. The summed E-state index contributed by atoms with van der Waals surface area (Å²) < 4.78 is 0. The smallest absolute Gasteiger partial charge is 0.0564 e. The largest absolute Gasteiger partial charge is 0.395 e. The quantitative estimate of drug-likeness (QED) is 0.780. The fourth-order valence-electron chi connectivity index (χ4n) is 3.28. The minimum absolute atomic E-state index is 0.268. The van der Waals surface area contributed by atoms with Crippen LogP contribution in [0.4, 0.5) is 0 Å². The molecular formula is C15H31NOS. The average Bonchev–Trinajstić information content (AvgIpc) is 2.30. The van der Waals surface area contributed by atoms with Crippen molar-refractivity contribution in [1.82, 2.24) is 5.32 Å². The van der Waals surface area contributed by atoms with Crippen molar-refractivity contribution in [3.05, 3.63) is 0 Å². The molecule has 0 aromatic rings. The summed E-state index contributed by atoms with van der Waals surface area (Å²) >= 11 is 1.76. The lowest BCUT2D eigenvalue weighted by molar-refractivity contribution is 0.155. The van der Waals surface area contributed by atoms with E-state index in [2.05, 4.69) is 39.3 Å². The second kappa shape index (κ2) is 7.76. The molecule has 0 amide bonds. The van der Waals surface area contributed by atoms with Crippen LogP contribution in [0.5, 0.6) is 0 Å². The summed E-state index contributed by atoms with van der Waals surface area (Å²) in [4.78, 5) is 0. The maximum atomic E-state index is 9.39. The van der Waals surface area contributed by atoms with Gasteiger partial charge in [-0.2, -0.15) is 11.8 Å². The first kappa shape index (κ1) is 16.3. The molecule has 1 fully saturated rings. The van der Waals surface area contributed by atoms with Crippen LogP contribution in [0.15, 0.2) is 0 Å². The molecule has 2 nitrogen and oxygen atoms in total. The summed E-state index contributed by atoms with van der Waals surface area (Å²) in [6, 6.07) is 1.02. The molecule has 0 bridgehead atoms. The van der Waals surface area contributed by atoms with E-state index in [0.717, 1.165) is 17.8 Å². The minimum Gasteiger partial charge on any atom is -0.395 e. The molecule has 18 heavy (non-hydrogen) atoms. The van der Waals surface area contributed by atoms with Gasteiger partial charge < -0.3 is 10.4 Å².